The van der Waals surface area contributed by atoms with Crippen LogP contribution in [0.2, 0.25) is 0 Å². The van der Waals surface area contributed by atoms with Gasteiger partial charge in [0.05, 0.1) is 11.8 Å². The molecule has 0 saturated carbocycles. The van der Waals surface area contributed by atoms with E-state index in [-0.39, 0.29) is 0 Å². The molecule has 17 heavy (non-hydrogen) atoms. The van der Waals surface area contributed by atoms with Gasteiger partial charge in [0, 0.05) is 21.6 Å². The van der Waals surface area contributed by atoms with Crippen molar-refractivity contribution in [3.8, 4) is 0 Å². The Balaban J connectivity index is 2.12. The van der Waals surface area contributed by atoms with E-state index in [9.17, 15) is 0 Å². The Morgan fingerprint density at radius 3 is 2.53 bits per heavy atom. The van der Waals surface area contributed by atoms with Crippen LogP contribution in [-0.2, 0) is 4.74 Å². The zero-order chi connectivity index (χ0) is 12.4. The standard InChI is InChI=1S/C13H17Br2NO/c1-8-5-11(14)13(12(15)6-8)16-10-3-4-17-9(2)7-10/h5-6,9-10,16H,3-4,7H2,1-2H3. The molecule has 2 unspecified atom stereocenters. The second-order valence-corrected chi connectivity index (χ2v) is 6.36. The molecule has 0 amide bonds. The second-order valence-electron chi connectivity index (χ2n) is 4.65. The Bertz CT molecular complexity index is 385. The van der Waals surface area contributed by atoms with Crippen LogP contribution in [0.3, 0.4) is 0 Å². The average molecular weight is 363 g/mol. The largest absolute Gasteiger partial charge is 0.380 e. The number of halogens is 2. The van der Waals surface area contributed by atoms with Gasteiger partial charge in [-0.05, 0) is 76.2 Å². The quantitative estimate of drug-likeness (QED) is 0.836. The molecule has 1 N–H and O–H groups in total. The Kier molecular flexibility index (Phi) is 4.50. The topological polar surface area (TPSA) is 21.3 Å². The summed E-state index contributed by atoms with van der Waals surface area (Å²) in [7, 11) is 0. The first kappa shape index (κ1) is 13.4. The van der Waals surface area contributed by atoms with Crippen LogP contribution in [0.15, 0.2) is 21.1 Å². The van der Waals surface area contributed by atoms with Crippen LogP contribution in [0, 0.1) is 6.92 Å². The van der Waals surface area contributed by atoms with Gasteiger partial charge < -0.3 is 10.1 Å². The minimum absolute atomic E-state index is 0.351. The Morgan fingerprint density at radius 2 is 1.94 bits per heavy atom. The predicted molar refractivity (Wildman–Crippen MR) is 78.6 cm³/mol. The van der Waals surface area contributed by atoms with Gasteiger partial charge in [-0.2, -0.15) is 0 Å². The fraction of sp³-hybridized carbons (Fsp3) is 0.538. The summed E-state index contributed by atoms with van der Waals surface area (Å²) < 4.78 is 7.79. The number of aryl methyl sites for hydroxylation is 1. The maximum absolute atomic E-state index is 5.56. The van der Waals surface area contributed by atoms with Gasteiger partial charge in [0.15, 0.2) is 0 Å². The van der Waals surface area contributed by atoms with Gasteiger partial charge in [-0.1, -0.05) is 0 Å². The molecule has 0 aliphatic carbocycles. The summed E-state index contributed by atoms with van der Waals surface area (Å²) in [5.74, 6) is 0. The summed E-state index contributed by atoms with van der Waals surface area (Å²) >= 11 is 7.23. The van der Waals surface area contributed by atoms with Crippen molar-refractivity contribution in [2.24, 2.45) is 0 Å². The van der Waals surface area contributed by atoms with Crippen LogP contribution in [0.4, 0.5) is 5.69 Å². The number of rotatable bonds is 2. The van der Waals surface area contributed by atoms with Gasteiger partial charge >= 0.3 is 0 Å². The number of benzene rings is 1. The second kappa shape index (κ2) is 5.72. The van der Waals surface area contributed by atoms with Crippen LogP contribution >= 0.6 is 31.9 Å². The summed E-state index contributed by atoms with van der Waals surface area (Å²) in [4.78, 5) is 0. The van der Waals surface area contributed by atoms with Crippen LogP contribution in [-0.4, -0.2) is 18.8 Å². The predicted octanol–water partition coefficient (Wildman–Crippen LogP) is 4.50. The lowest BCUT2D eigenvalue weighted by atomic mass is 10.0. The van der Waals surface area contributed by atoms with E-state index in [1.165, 1.54) is 5.56 Å². The van der Waals surface area contributed by atoms with Crippen molar-refractivity contribution in [2.75, 3.05) is 11.9 Å². The average Bonchev–Trinajstić information content (AvgIpc) is 2.23. The molecule has 1 saturated heterocycles. The minimum Gasteiger partial charge on any atom is -0.380 e. The SMILES string of the molecule is Cc1cc(Br)c(NC2CCOC(C)C2)c(Br)c1. The van der Waals surface area contributed by atoms with Gasteiger partial charge in [-0.3, -0.25) is 0 Å². The number of nitrogens with one attached hydrogen (secondary N) is 1. The van der Waals surface area contributed by atoms with Gasteiger partial charge in [-0.15, -0.1) is 0 Å². The zero-order valence-electron chi connectivity index (χ0n) is 10.1. The Morgan fingerprint density at radius 1 is 1.29 bits per heavy atom. The number of hydrogen-bond donors (Lipinski definition) is 1. The lowest BCUT2D eigenvalue weighted by molar-refractivity contribution is 0.0232. The molecule has 1 aromatic rings. The van der Waals surface area contributed by atoms with Crippen molar-refractivity contribution in [3.05, 3.63) is 26.6 Å². The molecule has 0 spiro atoms. The normalized spacial score (nSPS) is 24.7. The molecule has 1 fully saturated rings. The van der Waals surface area contributed by atoms with Crippen LogP contribution in [0.25, 0.3) is 0 Å². The molecule has 4 heteroatoms. The number of ether oxygens (including phenoxy) is 1. The lowest BCUT2D eigenvalue weighted by Gasteiger charge is -2.29. The summed E-state index contributed by atoms with van der Waals surface area (Å²) in [5.41, 5.74) is 2.39. The highest BCUT2D eigenvalue weighted by Gasteiger charge is 2.20. The third-order valence-electron chi connectivity index (χ3n) is 3.02. The maximum Gasteiger partial charge on any atom is 0.0631 e. The van der Waals surface area contributed by atoms with E-state index in [4.69, 9.17) is 4.74 Å². The van der Waals surface area contributed by atoms with Gasteiger partial charge in [0.2, 0.25) is 0 Å². The molecule has 0 aromatic heterocycles. The van der Waals surface area contributed by atoms with Crippen molar-refractivity contribution < 1.29 is 4.74 Å². The number of anilines is 1. The monoisotopic (exact) mass is 361 g/mol. The van der Waals surface area contributed by atoms with Gasteiger partial charge in [0.25, 0.3) is 0 Å². The highest BCUT2D eigenvalue weighted by Crippen LogP contribution is 2.34. The van der Waals surface area contributed by atoms with Crippen molar-refractivity contribution >= 4 is 37.5 Å². The first-order chi connectivity index (χ1) is 8.06. The van der Waals surface area contributed by atoms with E-state index in [0.29, 0.717) is 12.1 Å². The van der Waals surface area contributed by atoms with Crippen molar-refractivity contribution in [1.29, 1.82) is 0 Å². The van der Waals surface area contributed by atoms with Gasteiger partial charge in [0.1, 0.15) is 0 Å². The van der Waals surface area contributed by atoms with Crippen LogP contribution < -0.4 is 5.32 Å². The van der Waals surface area contributed by atoms with E-state index in [1.54, 1.807) is 0 Å². The van der Waals surface area contributed by atoms with Crippen LogP contribution in [0.5, 0.6) is 0 Å². The fourth-order valence-electron chi connectivity index (χ4n) is 2.17. The molecule has 1 aliphatic heterocycles. The highest BCUT2D eigenvalue weighted by molar-refractivity contribution is 9.11. The molecule has 2 rings (SSSR count). The highest BCUT2D eigenvalue weighted by atomic mass is 79.9. The van der Waals surface area contributed by atoms with E-state index >= 15 is 0 Å². The summed E-state index contributed by atoms with van der Waals surface area (Å²) in [5, 5.41) is 3.60. The Labute approximate surface area is 119 Å². The van der Waals surface area contributed by atoms with Crippen molar-refractivity contribution in [2.45, 2.75) is 38.8 Å². The molecular formula is C13H17Br2NO. The first-order valence-electron chi connectivity index (χ1n) is 5.90. The molecule has 1 aromatic carbocycles. The maximum atomic E-state index is 5.56. The Hall–Kier alpha value is -0.0600. The van der Waals surface area contributed by atoms with E-state index in [0.717, 1.165) is 34.1 Å². The smallest absolute Gasteiger partial charge is 0.0631 e. The molecule has 0 bridgehead atoms. The van der Waals surface area contributed by atoms with E-state index in [1.807, 2.05) is 0 Å². The fourth-order valence-corrected chi connectivity index (χ4v) is 3.82. The lowest BCUT2D eigenvalue weighted by Crippen LogP contribution is -2.32. The third-order valence-corrected chi connectivity index (χ3v) is 4.27. The molecular weight excluding hydrogens is 346 g/mol. The van der Waals surface area contributed by atoms with E-state index < -0.39 is 0 Å². The minimum atomic E-state index is 0.351. The number of hydrogen-bond acceptors (Lipinski definition) is 2. The summed E-state index contributed by atoms with van der Waals surface area (Å²) in [6.45, 7) is 5.07. The van der Waals surface area contributed by atoms with E-state index in [2.05, 4.69) is 63.2 Å². The molecule has 2 nitrogen and oxygen atoms in total. The third kappa shape index (κ3) is 3.46. The van der Waals surface area contributed by atoms with Crippen molar-refractivity contribution in [3.63, 3.8) is 0 Å². The van der Waals surface area contributed by atoms with Gasteiger partial charge in [-0.25, -0.2) is 0 Å². The molecule has 2 atom stereocenters. The summed E-state index contributed by atoms with van der Waals surface area (Å²) in [6, 6.07) is 4.76. The molecule has 1 aliphatic rings. The van der Waals surface area contributed by atoms with Crippen molar-refractivity contribution in [1.82, 2.24) is 0 Å². The first-order valence-corrected chi connectivity index (χ1v) is 7.48. The molecule has 94 valence electrons. The zero-order valence-corrected chi connectivity index (χ0v) is 13.3. The summed E-state index contributed by atoms with van der Waals surface area (Å²) in [6.07, 6.45) is 2.48. The van der Waals surface area contributed by atoms with Crippen LogP contribution in [0.1, 0.15) is 25.3 Å². The molecule has 0 radical (unpaired) electrons. The molecule has 1 heterocycles.